The van der Waals surface area contributed by atoms with Crippen molar-refractivity contribution in [1.29, 1.82) is 0 Å². The van der Waals surface area contributed by atoms with Crippen molar-refractivity contribution in [2.45, 2.75) is 38.1 Å². The number of nitrogens with two attached hydrogens (primary N) is 1. The Bertz CT molecular complexity index is 1070. The van der Waals surface area contributed by atoms with E-state index in [9.17, 15) is 9.18 Å². The molecule has 2 amide bonds. The van der Waals surface area contributed by atoms with E-state index in [2.05, 4.69) is 10.3 Å². The molecule has 1 aliphatic rings. The minimum atomic E-state index is -0.470. The summed E-state index contributed by atoms with van der Waals surface area (Å²) in [5.74, 6) is 0.183. The second kappa shape index (κ2) is 9.31. The summed E-state index contributed by atoms with van der Waals surface area (Å²) in [6.07, 6.45) is 5.96. The van der Waals surface area contributed by atoms with Crippen molar-refractivity contribution in [2.24, 2.45) is 0 Å². The van der Waals surface area contributed by atoms with Gasteiger partial charge < -0.3 is 5.73 Å². The molecule has 0 unspecified atom stereocenters. The fourth-order valence-corrected chi connectivity index (χ4v) is 4.04. The first-order valence-corrected chi connectivity index (χ1v) is 10.6. The van der Waals surface area contributed by atoms with E-state index in [-0.39, 0.29) is 11.9 Å². The predicted molar refractivity (Wildman–Crippen MR) is 122 cm³/mol. The summed E-state index contributed by atoms with van der Waals surface area (Å²) in [5.41, 5.74) is 8.18. The monoisotopic (exact) mass is 439 g/mol. The lowest BCUT2D eigenvalue weighted by Gasteiger charge is -2.34. The Morgan fingerprint density at radius 2 is 1.94 bits per heavy atom. The molecular weight excluding hydrogens is 417 g/mol. The molecule has 2 aromatic heterocycles. The van der Waals surface area contributed by atoms with Crippen LogP contribution in [0.4, 0.5) is 26.5 Å². The van der Waals surface area contributed by atoms with Crippen molar-refractivity contribution >= 4 is 35.0 Å². The number of urea groups is 1. The molecule has 1 aliphatic carbocycles. The van der Waals surface area contributed by atoms with E-state index in [4.69, 9.17) is 22.3 Å². The van der Waals surface area contributed by atoms with Gasteiger partial charge in [-0.15, -0.1) is 0 Å². The second-order valence-electron chi connectivity index (χ2n) is 7.57. The second-order valence-corrected chi connectivity index (χ2v) is 8.01. The normalized spacial score (nSPS) is 14.3. The third-order valence-electron chi connectivity index (χ3n) is 5.37. The van der Waals surface area contributed by atoms with E-state index in [1.807, 2.05) is 24.3 Å². The number of carbonyl (C=O) groups excluding carboxylic acids is 1. The largest absolute Gasteiger partial charge is 0.396 e. The highest BCUT2D eigenvalue weighted by molar-refractivity contribution is 6.30. The number of anilines is 3. The van der Waals surface area contributed by atoms with Crippen LogP contribution in [0.3, 0.4) is 0 Å². The Morgan fingerprint density at radius 3 is 2.65 bits per heavy atom. The van der Waals surface area contributed by atoms with E-state index in [0.29, 0.717) is 22.2 Å². The van der Waals surface area contributed by atoms with Gasteiger partial charge in [0.25, 0.3) is 0 Å². The van der Waals surface area contributed by atoms with E-state index in [1.54, 1.807) is 17.0 Å². The first kappa shape index (κ1) is 21.1. The zero-order valence-electron chi connectivity index (χ0n) is 16.9. The van der Waals surface area contributed by atoms with Crippen LogP contribution in [0.1, 0.15) is 32.1 Å². The summed E-state index contributed by atoms with van der Waals surface area (Å²) >= 11 is 6.14. The molecule has 4 rings (SSSR count). The molecular formula is C23H23ClFN5O. The van der Waals surface area contributed by atoms with Crippen LogP contribution >= 0.6 is 11.6 Å². The smallest absolute Gasteiger partial charge is 0.328 e. The highest BCUT2D eigenvalue weighted by atomic mass is 35.5. The average Bonchev–Trinajstić information content (AvgIpc) is 2.77. The number of rotatable bonds is 4. The van der Waals surface area contributed by atoms with E-state index >= 15 is 0 Å². The Labute approximate surface area is 185 Å². The number of nitrogen functional groups attached to an aromatic ring is 1. The van der Waals surface area contributed by atoms with Crippen LogP contribution in [0.5, 0.6) is 0 Å². The summed E-state index contributed by atoms with van der Waals surface area (Å²) in [4.78, 5) is 23.6. The highest BCUT2D eigenvalue weighted by Crippen LogP contribution is 2.33. The lowest BCUT2D eigenvalue weighted by atomic mass is 9.94. The van der Waals surface area contributed by atoms with Crippen molar-refractivity contribution in [3.63, 3.8) is 0 Å². The minimum Gasteiger partial charge on any atom is -0.396 e. The summed E-state index contributed by atoms with van der Waals surface area (Å²) in [6, 6.07) is 13.2. The van der Waals surface area contributed by atoms with Crippen LogP contribution < -0.4 is 16.0 Å². The molecule has 1 fully saturated rings. The molecule has 0 atom stereocenters. The lowest BCUT2D eigenvalue weighted by Crippen LogP contribution is -2.45. The van der Waals surface area contributed by atoms with Crippen molar-refractivity contribution in [2.75, 3.05) is 16.0 Å². The molecule has 31 heavy (non-hydrogen) atoms. The zero-order chi connectivity index (χ0) is 21.8. The molecule has 3 aromatic rings. The SMILES string of the molecule is Nc1ccc(-c2cccc(Cl)c2)nc1N(C(=O)Nc1ccc(F)cn1)C1CCCCC1. The maximum absolute atomic E-state index is 13.3. The van der Waals surface area contributed by atoms with E-state index in [1.165, 1.54) is 12.1 Å². The number of hydrogen-bond acceptors (Lipinski definition) is 4. The van der Waals surface area contributed by atoms with Gasteiger partial charge in [-0.25, -0.2) is 19.2 Å². The first-order valence-electron chi connectivity index (χ1n) is 10.3. The van der Waals surface area contributed by atoms with Gasteiger partial charge in [-0.1, -0.05) is 43.0 Å². The Hall–Kier alpha value is -3.19. The first-order chi connectivity index (χ1) is 15.0. The van der Waals surface area contributed by atoms with E-state index < -0.39 is 11.8 Å². The van der Waals surface area contributed by atoms with Crippen molar-refractivity contribution in [1.82, 2.24) is 9.97 Å². The van der Waals surface area contributed by atoms with Crippen molar-refractivity contribution in [3.05, 3.63) is 65.6 Å². The van der Waals surface area contributed by atoms with Gasteiger partial charge in [-0.3, -0.25) is 10.2 Å². The summed E-state index contributed by atoms with van der Waals surface area (Å²) in [5, 5.41) is 3.35. The van der Waals surface area contributed by atoms with Crippen molar-refractivity contribution in [3.8, 4) is 11.3 Å². The van der Waals surface area contributed by atoms with Gasteiger partial charge in [0.15, 0.2) is 5.82 Å². The maximum atomic E-state index is 13.3. The number of hydrogen-bond donors (Lipinski definition) is 2. The molecule has 0 bridgehead atoms. The molecule has 3 N–H and O–H groups in total. The number of pyridine rings is 2. The van der Waals surface area contributed by atoms with Crippen LogP contribution in [-0.4, -0.2) is 22.0 Å². The molecule has 0 radical (unpaired) electrons. The average molecular weight is 440 g/mol. The number of nitrogens with zero attached hydrogens (tertiary/aromatic N) is 3. The number of halogens is 2. The van der Waals surface area contributed by atoms with Crippen LogP contribution in [0.2, 0.25) is 5.02 Å². The summed E-state index contributed by atoms with van der Waals surface area (Å²) < 4.78 is 13.2. The van der Waals surface area contributed by atoms with E-state index in [0.717, 1.165) is 43.9 Å². The standard InChI is InChI=1S/C23H23ClFN5O/c24-16-6-4-5-15(13-16)20-11-10-19(26)22(28-20)30(18-7-2-1-3-8-18)23(31)29-21-12-9-17(25)14-27-21/h4-6,9-14,18H,1-3,7-8,26H2,(H,27,29,31). The third kappa shape index (κ3) is 4.94. The quantitative estimate of drug-likeness (QED) is 0.530. The Balaban J connectivity index is 1.71. The fraction of sp³-hybridized carbons (Fsp3) is 0.261. The van der Waals surface area contributed by atoms with Gasteiger partial charge in [-0.05, 0) is 49.2 Å². The molecule has 0 spiro atoms. The van der Waals surface area contributed by atoms with Gasteiger partial charge in [0.2, 0.25) is 0 Å². The van der Waals surface area contributed by atoms with Gasteiger partial charge >= 0.3 is 6.03 Å². The number of benzene rings is 1. The van der Waals surface area contributed by atoms with Crippen LogP contribution in [0, 0.1) is 5.82 Å². The molecule has 2 heterocycles. The number of amides is 2. The van der Waals surface area contributed by atoms with Gasteiger partial charge in [0.05, 0.1) is 17.6 Å². The molecule has 160 valence electrons. The number of carbonyl (C=O) groups is 1. The molecule has 0 saturated heterocycles. The third-order valence-corrected chi connectivity index (χ3v) is 5.61. The Morgan fingerprint density at radius 1 is 1.13 bits per heavy atom. The lowest BCUT2D eigenvalue weighted by molar-refractivity contribution is 0.252. The fourth-order valence-electron chi connectivity index (χ4n) is 3.85. The highest BCUT2D eigenvalue weighted by Gasteiger charge is 2.30. The van der Waals surface area contributed by atoms with Crippen LogP contribution in [0.25, 0.3) is 11.3 Å². The van der Waals surface area contributed by atoms with Crippen LogP contribution in [-0.2, 0) is 0 Å². The number of nitrogens with one attached hydrogen (secondary N) is 1. The molecule has 0 aliphatic heterocycles. The number of aromatic nitrogens is 2. The molecule has 6 nitrogen and oxygen atoms in total. The Kier molecular flexibility index (Phi) is 6.32. The van der Waals surface area contributed by atoms with Crippen LogP contribution in [0.15, 0.2) is 54.7 Å². The predicted octanol–water partition coefficient (Wildman–Crippen LogP) is 5.89. The molecule has 1 aromatic carbocycles. The molecule has 8 heteroatoms. The minimum absolute atomic E-state index is 0.0430. The maximum Gasteiger partial charge on any atom is 0.328 e. The van der Waals surface area contributed by atoms with Gasteiger partial charge in [0.1, 0.15) is 11.6 Å². The van der Waals surface area contributed by atoms with Crippen molar-refractivity contribution < 1.29 is 9.18 Å². The van der Waals surface area contributed by atoms with Gasteiger partial charge in [-0.2, -0.15) is 0 Å². The zero-order valence-corrected chi connectivity index (χ0v) is 17.6. The topological polar surface area (TPSA) is 84.1 Å². The molecule has 1 saturated carbocycles. The summed E-state index contributed by atoms with van der Waals surface area (Å²) in [6.45, 7) is 0. The van der Waals surface area contributed by atoms with Gasteiger partial charge in [0, 0.05) is 16.6 Å². The summed E-state index contributed by atoms with van der Waals surface area (Å²) in [7, 11) is 0.